The fourth-order valence-electron chi connectivity index (χ4n) is 2.19. The summed E-state index contributed by atoms with van der Waals surface area (Å²) < 4.78 is 17.6. The molecule has 0 bridgehead atoms. The fourth-order valence-corrected chi connectivity index (χ4v) is 2.19. The van der Waals surface area contributed by atoms with E-state index in [0.29, 0.717) is 31.8 Å². The largest absolute Gasteiger partial charge is 0.467 e. The highest BCUT2D eigenvalue weighted by Gasteiger charge is 2.12. The Labute approximate surface area is 128 Å². The molecule has 22 heavy (non-hydrogen) atoms. The molecular formula is C15H21N3O4. The van der Waals surface area contributed by atoms with Crippen LogP contribution in [0.2, 0.25) is 0 Å². The van der Waals surface area contributed by atoms with E-state index in [0.717, 1.165) is 5.39 Å². The number of aromatic nitrogens is 3. The van der Waals surface area contributed by atoms with Crippen molar-refractivity contribution in [3.8, 4) is 6.01 Å². The third-order valence-electron chi connectivity index (χ3n) is 3.18. The van der Waals surface area contributed by atoms with Crippen molar-refractivity contribution >= 4 is 11.0 Å². The fraction of sp³-hybridized carbons (Fsp3) is 0.533. The number of nitrogens with zero attached hydrogens (tertiary/aromatic N) is 3. The molecule has 2 heterocycles. The van der Waals surface area contributed by atoms with Crippen LogP contribution >= 0.6 is 0 Å². The lowest BCUT2D eigenvalue weighted by molar-refractivity contribution is -0.140. The lowest BCUT2D eigenvalue weighted by Gasteiger charge is -2.18. The van der Waals surface area contributed by atoms with Gasteiger partial charge in [-0.25, -0.2) is 4.98 Å². The molecule has 0 saturated carbocycles. The molecule has 2 aromatic heterocycles. The molecule has 7 nitrogen and oxygen atoms in total. The van der Waals surface area contributed by atoms with E-state index in [2.05, 4.69) is 9.97 Å². The van der Waals surface area contributed by atoms with Crippen molar-refractivity contribution < 1.29 is 14.2 Å². The average molecular weight is 307 g/mol. The molecule has 0 unspecified atom stereocenters. The molecule has 0 amide bonds. The van der Waals surface area contributed by atoms with E-state index in [-0.39, 0.29) is 17.9 Å². The molecular weight excluding hydrogens is 286 g/mol. The van der Waals surface area contributed by atoms with Gasteiger partial charge in [0.15, 0.2) is 6.29 Å². The first-order valence-corrected chi connectivity index (χ1v) is 7.33. The predicted octanol–water partition coefficient (Wildman–Crippen LogP) is 1.59. The van der Waals surface area contributed by atoms with Crippen molar-refractivity contribution in [3.63, 3.8) is 0 Å². The van der Waals surface area contributed by atoms with Gasteiger partial charge in [-0.05, 0) is 19.9 Å². The van der Waals surface area contributed by atoms with Gasteiger partial charge in [0.05, 0.1) is 7.11 Å². The summed E-state index contributed by atoms with van der Waals surface area (Å²) in [5, 5.41) is 0.782. The lowest BCUT2D eigenvalue weighted by Crippen LogP contribution is -2.25. The highest BCUT2D eigenvalue weighted by atomic mass is 16.7. The number of ether oxygens (including phenoxy) is 3. The minimum Gasteiger partial charge on any atom is -0.467 e. The third-order valence-corrected chi connectivity index (χ3v) is 3.18. The molecule has 0 aromatic carbocycles. The van der Waals surface area contributed by atoms with Crippen molar-refractivity contribution in [2.75, 3.05) is 20.3 Å². The minimum absolute atomic E-state index is 0.125. The topological polar surface area (TPSA) is 75.5 Å². The van der Waals surface area contributed by atoms with Crippen LogP contribution in [-0.2, 0) is 16.0 Å². The van der Waals surface area contributed by atoms with Crippen LogP contribution in [0, 0.1) is 0 Å². The first-order valence-electron chi connectivity index (χ1n) is 7.33. The number of hydrogen-bond acceptors (Lipinski definition) is 6. The maximum Gasteiger partial charge on any atom is 0.318 e. The Bertz CT molecular complexity index is 665. The van der Waals surface area contributed by atoms with Gasteiger partial charge < -0.3 is 14.2 Å². The molecule has 0 aliphatic heterocycles. The SMILES string of the molecule is CCOC(CCn1c(=O)ccc2cnc(OC)nc21)OCC. The van der Waals surface area contributed by atoms with Crippen molar-refractivity contribution in [1.82, 2.24) is 14.5 Å². The maximum absolute atomic E-state index is 12.1. The zero-order valence-corrected chi connectivity index (χ0v) is 13.1. The van der Waals surface area contributed by atoms with Gasteiger partial charge in [0, 0.05) is 43.8 Å². The lowest BCUT2D eigenvalue weighted by atomic mass is 10.3. The Morgan fingerprint density at radius 1 is 1.23 bits per heavy atom. The smallest absolute Gasteiger partial charge is 0.318 e. The molecule has 0 radical (unpaired) electrons. The van der Waals surface area contributed by atoms with Crippen LogP contribution in [0.15, 0.2) is 23.1 Å². The van der Waals surface area contributed by atoms with Crippen LogP contribution in [0.3, 0.4) is 0 Å². The van der Waals surface area contributed by atoms with Crippen LogP contribution in [0.4, 0.5) is 0 Å². The second kappa shape index (κ2) is 7.86. The monoisotopic (exact) mass is 307 g/mol. The van der Waals surface area contributed by atoms with Gasteiger partial charge >= 0.3 is 6.01 Å². The average Bonchev–Trinajstić information content (AvgIpc) is 2.53. The first-order chi connectivity index (χ1) is 10.7. The van der Waals surface area contributed by atoms with Gasteiger partial charge in [-0.3, -0.25) is 9.36 Å². The summed E-state index contributed by atoms with van der Waals surface area (Å²) in [6.45, 7) is 5.39. The molecule has 0 spiro atoms. The summed E-state index contributed by atoms with van der Waals surface area (Å²) in [6.07, 6.45) is 1.87. The second-order valence-electron chi connectivity index (χ2n) is 4.59. The summed E-state index contributed by atoms with van der Waals surface area (Å²) in [5.74, 6) is 0. The number of fused-ring (bicyclic) bond motifs is 1. The Hall–Kier alpha value is -1.99. The van der Waals surface area contributed by atoms with Gasteiger partial charge in [0.25, 0.3) is 5.56 Å². The maximum atomic E-state index is 12.1. The molecule has 0 saturated heterocycles. The van der Waals surface area contributed by atoms with E-state index in [9.17, 15) is 4.79 Å². The molecule has 0 fully saturated rings. The molecule has 7 heteroatoms. The summed E-state index contributed by atoms with van der Waals surface area (Å²) in [6, 6.07) is 3.45. The predicted molar refractivity (Wildman–Crippen MR) is 82.0 cm³/mol. The van der Waals surface area contributed by atoms with Crippen LogP contribution in [0.25, 0.3) is 11.0 Å². The van der Waals surface area contributed by atoms with E-state index in [1.165, 1.54) is 13.2 Å². The Morgan fingerprint density at radius 2 is 1.95 bits per heavy atom. The van der Waals surface area contributed by atoms with E-state index in [1.807, 2.05) is 13.8 Å². The molecule has 0 N–H and O–H groups in total. The van der Waals surface area contributed by atoms with E-state index >= 15 is 0 Å². The van der Waals surface area contributed by atoms with Crippen LogP contribution in [-0.4, -0.2) is 41.1 Å². The van der Waals surface area contributed by atoms with Crippen LogP contribution < -0.4 is 10.3 Å². The number of methoxy groups -OCH3 is 1. The number of hydrogen-bond donors (Lipinski definition) is 0. The number of rotatable bonds is 8. The second-order valence-corrected chi connectivity index (χ2v) is 4.59. The van der Waals surface area contributed by atoms with Gasteiger partial charge in [0.2, 0.25) is 0 Å². The van der Waals surface area contributed by atoms with E-state index < -0.39 is 0 Å². The Balaban J connectivity index is 2.28. The molecule has 120 valence electrons. The van der Waals surface area contributed by atoms with Gasteiger partial charge in [-0.15, -0.1) is 0 Å². The van der Waals surface area contributed by atoms with Gasteiger partial charge in [-0.1, -0.05) is 0 Å². The summed E-state index contributed by atoms with van der Waals surface area (Å²) in [7, 11) is 1.49. The normalized spacial score (nSPS) is 11.3. The zero-order chi connectivity index (χ0) is 15.9. The highest BCUT2D eigenvalue weighted by Crippen LogP contribution is 2.13. The molecule has 2 aromatic rings. The van der Waals surface area contributed by atoms with E-state index in [4.69, 9.17) is 14.2 Å². The van der Waals surface area contributed by atoms with Crippen LogP contribution in [0.1, 0.15) is 20.3 Å². The quantitative estimate of drug-likeness (QED) is 0.689. The molecule has 0 aliphatic rings. The first kappa shape index (κ1) is 16.4. The van der Waals surface area contributed by atoms with Crippen molar-refractivity contribution in [2.45, 2.75) is 33.1 Å². The number of aryl methyl sites for hydroxylation is 1. The molecule has 2 rings (SSSR count). The minimum atomic E-state index is -0.333. The molecule has 0 atom stereocenters. The summed E-state index contributed by atoms with van der Waals surface area (Å²) >= 11 is 0. The van der Waals surface area contributed by atoms with Gasteiger partial charge in [-0.2, -0.15) is 4.98 Å². The van der Waals surface area contributed by atoms with Crippen LogP contribution in [0.5, 0.6) is 6.01 Å². The standard InChI is InChI=1S/C15H21N3O4/c1-4-21-13(22-5-2)8-9-18-12(19)7-6-11-10-16-15(20-3)17-14(11)18/h6-7,10,13H,4-5,8-9H2,1-3H3. The third kappa shape index (κ3) is 3.80. The Morgan fingerprint density at radius 3 is 2.59 bits per heavy atom. The summed E-state index contributed by atoms with van der Waals surface area (Å²) in [5.41, 5.74) is 0.422. The summed E-state index contributed by atoms with van der Waals surface area (Å²) in [4.78, 5) is 20.5. The van der Waals surface area contributed by atoms with E-state index in [1.54, 1.807) is 16.8 Å². The van der Waals surface area contributed by atoms with Crippen molar-refractivity contribution in [1.29, 1.82) is 0 Å². The Kier molecular flexibility index (Phi) is 5.85. The van der Waals surface area contributed by atoms with Crippen molar-refractivity contribution in [3.05, 3.63) is 28.7 Å². The highest BCUT2D eigenvalue weighted by molar-refractivity contribution is 5.74. The van der Waals surface area contributed by atoms with Gasteiger partial charge in [0.1, 0.15) is 5.65 Å². The molecule has 0 aliphatic carbocycles. The zero-order valence-electron chi connectivity index (χ0n) is 13.1. The number of pyridine rings is 1. The van der Waals surface area contributed by atoms with Crippen molar-refractivity contribution in [2.24, 2.45) is 0 Å².